The van der Waals surface area contributed by atoms with Crippen LogP contribution in [-0.2, 0) is 0 Å². The summed E-state index contributed by atoms with van der Waals surface area (Å²) in [6.07, 6.45) is 1.93. The predicted molar refractivity (Wildman–Crippen MR) is 72.3 cm³/mol. The van der Waals surface area contributed by atoms with Crippen LogP contribution in [0, 0.1) is 5.82 Å². The van der Waals surface area contributed by atoms with E-state index in [-0.39, 0.29) is 29.8 Å². The molecule has 1 aromatic carbocycles. The number of rotatable bonds is 1. The molecule has 0 fully saturated rings. The maximum absolute atomic E-state index is 12.5. The van der Waals surface area contributed by atoms with Crippen LogP contribution in [0.5, 0.6) is 0 Å². The third-order valence-corrected chi connectivity index (χ3v) is 2.16. The van der Waals surface area contributed by atoms with Crippen LogP contribution in [0.15, 0.2) is 29.3 Å². The molecule has 1 aromatic rings. The Morgan fingerprint density at radius 1 is 1.36 bits per heavy atom. The number of hydrogen-bond acceptors (Lipinski definition) is 2. The van der Waals surface area contributed by atoms with Gasteiger partial charge in [-0.1, -0.05) is 11.8 Å². The molecule has 0 saturated carbocycles. The van der Waals surface area contributed by atoms with Gasteiger partial charge in [0.2, 0.25) is 0 Å². The minimum absolute atomic E-state index is 0. The van der Waals surface area contributed by atoms with E-state index in [1.54, 1.807) is 19.2 Å². The fourth-order valence-corrected chi connectivity index (χ4v) is 1.26. The minimum Gasteiger partial charge on any atom is -0.335 e. The van der Waals surface area contributed by atoms with Crippen molar-refractivity contribution in [3.8, 4) is 0 Å². The van der Waals surface area contributed by atoms with Crippen LogP contribution in [0.25, 0.3) is 0 Å². The second-order valence-corrected chi connectivity index (χ2v) is 3.16. The lowest BCUT2D eigenvalue weighted by Gasteiger charge is -2.05. The summed E-state index contributed by atoms with van der Waals surface area (Å²) in [6, 6.07) is 6.18. The van der Waals surface area contributed by atoms with Gasteiger partial charge in [-0.2, -0.15) is 0 Å². The third kappa shape index (κ3) is 4.28. The number of hydrogen-bond donors (Lipinski definition) is 1. The van der Waals surface area contributed by atoms with Gasteiger partial charge >= 0.3 is 0 Å². The third-order valence-electron chi connectivity index (χ3n) is 1.49. The molecule has 78 valence electrons. The molecule has 0 aromatic heterocycles. The van der Waals surface area contributed by atoms with E-state index in [4.69, 9.17) is 0 Å². The molecule has 0 unspecified atom stereocenters. The quantitative estimate of drug-likeness (QED) is 0.487. The van der Waals surface area contributed by atoms with Crippen molar-refractivity contribution in [1.29, 1.82) is 0 Å². The smallest absolute Gasteiger partial charge is 0.160 e. The first-order valence-electron chi connectivity index (χ1n) is 3.79. The molecule has 0 radical (unpaired) electrons. The Morgan fingerprint density at radius 2 is 1.93 bits per heavy atom. The first-order valence-corrected chi connectivity index (χ1v) is 5.02. The fourth-order valence-electron chi connectivity index (χ4n) is 0.855. The highest BCUT2D eigenvalue weighted by Gasteiger charge is 1.96. The van der Waals surface area contributed by atoms with Crippen LogP contribution in [0.2, 0.25) is 0 Å². The SMILES string of the molecule is CN=C(Nc1ccc(F)cc1)SC.I. The van der Waals surface area contributed by atoms with Crippen LogP contribution in [-0.4, -0.2) is 18.5 Å². The summed E-state index contributed by atoms with van der Waals surface area (Å²) >= 11 is 1.51. The minimum atomic E-state index is -0.232. The Kier molecular flexibility index (Phi) is 6.90. The van der Waals surface area contributed by atoms with Gasteiger partial charge in [0, 0.05) is 12.7 Å². The van der Waals surface area contributed by atoms with Crippen molar-refractivity contribution in [2.24, 2.45) is 4.99 Å². The summed E-state index contributed by atoms with van der Waals surface area (Å²) in [6.45, 7) is 0. The van der Waals surface area contributed by atoms with E-state index in [0.717, 1.165) is 10.9 Å². The molecule has 0 saturated heterocycles. The Labute approximate surface area is 104 Å². The summed E-state index contributed by atoms with van der Waals surface area (Å²) in [5, 5.41) is 3.86. The Hall–Kier alpha value is -0.300. The van der Waals surface area contributed by atoms with Crippen LogP contribution in [0.4, 0.5) is 10.1 Å². The largest absolute Gasteiger partial charge is 0.335 e. The maximum Gasteiger partial charge on any atom is 0.160 e. The molecule has 0 amide bonds. The van der Waals surface area contributed by atoms with Gasteiger partial charge in [0.1, 0.15) is 5.82 Å². The summed E-state index contributed by atoms with van der Waals surface area (Å²) < 4.78 is 12.5. The van der Waals surface area contributed by atoms with E-state index >= 15 is 0 Å². The first kappa shape index (κ1) is 13.7. The zero-order chi connectivity index (χ0) is 9.68. The van der Waals surface area contributed by atoms with Gasteiger partial charge in [0.05, 0.1) is 0 Å². The molecule has 1 N–H and O–H groups in total. The predicted octanol–water partition coefficient (Wildman–Crippen LogP) is 3.20. The topological polar surface area (TPSA) is 24.4 Å². The highest BCUT2D eigenvalue weighted by atomic mass is 127. The number of nitrogens with one attached hydrogen (secondary N) is 1. The monoisotopic (exact) mass is 326 g/mol. The molecule has 1 rings (SSSR count). The summed E-state index contributed by atoms with van der Waals surface area (Å²) in [7, 11) is 1.71. The molecule has 14 heavy (non-hydrogen) atoms. The molecule has 0 bridgehead atoms. The van der Waals surface area contributed by atoms with E-state index in [0.29, 0.717) is 0 Å². The highest BCUT2D eigenvalue weighted by Crippen LogP contribution is 2.10. The van der Waals surface area contributed by atoms with Crippen LogP contribution in [0.1, 0.15) is 0 Å². The van der Waals surface area contributed by atoms with Gasteiger partial charge in [-0.05, 0) is 30.5 Å². The fraction of sp³-hybridized carbons (Fsp3) is 0.222. The van der Waals surface area contributed by atoms with Crippen molar-refractivity contribution in [3.63, 3.8) is 0 Å². The van der Waals surface area contributed by atoms with E-state index in [2.05, 4.69) is 10.3 Å². The van der Waals surface area contributed by atoms with E-state index in [1.165, 1.54) is 23.9 Å². The number of nitrogens with zero attached hydrogens (tertiary/aromatic N) is 1. The molecule has 0 aliphatic rings. The molecule has 5 heteroatoms. The number of thioether (sulfide) groups is 1. The lowest BCUT2D eigenvalue weighted by atomic mass is 10.3. The summed E-state index contributed by atoms with van der Waals surface area (Å²) in [4.78, 5) is 4.00. The Bertz CT molecular complexity index is 300. The van der Waals surface area contributed by atoms with Gasteiger partial charge in [-0.15, -0.1) is 24.0 Å². The van der Waals surface area contributed by atoms with Gasteiger partial charge in [-0.3, -0.25) is 4.99 Å². The van der Waals surface area contributed by atoms with Crippen molar-refractivity contribution in [2.45, 2.75) is 0 Å². The first-order chi connectivity index (χ1) is 6.26. The van der Waals surface area contributed by atoms with Gasteiger partial charge in [0.15, 0.2) is 5.17 Å². The van der Waals surface area contributed by atoms with Crippen molar-refractivity contribution >= 4 is 46.6 Å². The highest BCUT2D eigenvalue weighted by molar-refractivity contribution is 14.0. The van der Waals surface area contributed by atoms with Crippen molar-refractivity contribution in [1.82, 2.24) is 0 Å². The zero-order valence-electron chi connectivity index (χ0n) is 7.95. The molecular formula is C9H12FIN2S. The molecule has 0 aliphatic heterocycles. The van der Waals surface area contributed by atoms with Gasteiger partial charge < -0.3 is 5.32 Å². The van der Waals surface area contributed by atoms with Crippen LogP contribution >= 0.6 is 35.7 Å². The normalized spacial score (nSPS) is 10.6. The van der Waals surface area contributed by atoms with Crippen LogP contribution in [0.3, 0.4) is 0 Å². The number of benzene rings is 1. The molecule has 0 aliphatic carbocycles. The van der Waals surface area contributed by atoms with Crippen molar-refractivity contribution < 1.29 is 4.39 Å². The molecule has 0 spiro atoms. The van der Waals surface area contributed by atoms with Crippen molar-refractivity contribution in [3.05, 3.63) is 30.1 Å². The second kappa shape index (κ2) is 7.05. The summed E-state index contributed by atoms with van der Waals surface area (Å²) in [5.41, 5.74) is 0.844. The number of amidine groups is 1. The second-order valence-electron chi connectivity index (χ2n) is 2.36. The average molecular weight is 326 g/mol. The number of anilines is 1. The molecule has 2 nitrogen and oxygen atoms in total. The van der Waals surface area contributed by atoms with Gasteiger partial charge in [0.25, 0.3) is 0 Å². The van der Waals surface area contributed by atoms with Crippen molar-refractivity contribution in [2.75, 3.05) is 18.6 Å². The zero-order valence-corrected chi connectivity index (χ0v) is 11.1. The van der Waals surface area contributed by atoms with E-state index < -0.39 is 0 Å². The standard InChI is InChI=1S/C9H11FN2S.HI/c1-11-9(13-2)12-8-5-3-7(10)4-6-8;/h3-6H,1-2H3,(H,11,12);1H. The number of aliphatic imine (C=N–C) groups is 1. The lowest BCUT2D eigenvalue weighted by molar-refractivity contribution is 0.628. The lowest BCUT2D eigenvalue weighted by Crippen LogP contribution is -2.06. The van der Waals surface area contributed by atoms with E-state index in [9.17, 15) is 4.39 Å². The number of halogens is 2. The average Bonchev–Trinajstić information content (AvgIpc) is 2.17. The molecule has 0 atom stereocenters. The van der Waals surface area contributed by atoms with Gasteiger partial charge in [-0.25, -0.2) is 4.39 Å². The Morgan fingerprint density at radius 3 is 2.36 bits per heavy atom. The summed E-state index contributed by atoms with van der Waals surface area (Å²) in [5.74, 6) is -0.232. The van der Waals surface area contributed by atoms with E-state index in [1.807, 2.05) is 6.26 Å². The molecule has 0 heterocycles. The van der Waals surface area contributed by atoms with Crippen LogP contribution < -0.4 is 5.32 Å². The Balaban J connectivity index is 0.00000169. The molecular weight excluding hydrogens is 314 g/mol. The maximum atomic E-state index is 12.5.